The summed E-state index contributed by atoms with van der Waals surface area (Å²) < 4.78 is 26.2. The Bertz CT molecular complexity index is 525. The van der Waals surface area contributed by atoms with Gasteiger partial charge < -0.3 is 15.0 Å². The molecule has 0 unspecified atom stereocenters. The Balaban J connectivity index is 2.58. The summed E-state index contributed by atoms with van der Waals surface area (Å²) in [5, 5.41) is 7.65. The molecule has 0 radical (unpaired) electrons. The summed E-state index contributed by atoms with van der Waals surface area (Å²) in [5.41, 5.74) is -0.406. The average molecular weight is 262 g/mol. The Morgan fingerprint density at radius 2 is 2.29 bits per heavy atom. The van der Waals surface area contributed by atoms with Crippen molar-refractivity contribution in [3.63, 3.8) is 0 Å². The monoisotopic (exact) mass is 262 g/mol. The maximum Gasteiger partial charge on any atom is 0.295 e. The molecule has 17 heavy (non-hydrogen) atoms. The summed E-state index contributed by atoms with van der Waals surface area (Å²) in [7, 11) is -2.11. The van der Waals surface area contributed by atoms with Gasteiger partial charge in [0.15, 0.2) is 5.82 Å². The van der Waals surface area contributed by atoms with Gasteiger partial charge in [-0.05, 0) is 6.42 Å². The summed E-state index contributed by atoms with van der Waals surface area (Å²) in [6, 6.07) is 0. The molecule has 0 aliphatic rings. The molecule has 0 fully saturated rings. The van der Waals surface area contributed by atoms with Crippen molar-refractivity contribution in [1.82, 2.24) is 9.97 Å². The van der Waals surface area contributed by atoms with Gasteiger partial charge in [-0.15, -0.1) is 0 Å². The summed E-state index contributed by atoms with van der Waals surface area (Å²) in [5.74, 6) is 0.194. The molecule has 8 nitrogen and oxygen atoms in total. The van der Waals surface area contributed by atoms with Crippen molar-refractivity contribution in [3.05, 3.63) is 16.7 Å². The van der Waals surface area contributed by atoms with Crippen molar-refractivity contribution in [2.75, 3.05) is 24.7 Å². The van der Waals surface area contributed by atoms with E-state index in [1.807, 2.05) is 0 Å². The normalized spacial score (nSPS) is 11.2. The molecule has 9 heteroatoms. The van der Waals surface area contributed by atoms with Crippen LogP contribution in [-0.4, -0.2) is 37.8 Å². The second-order valence-electron chi connectivity index (χ2n) is 3.26. The highest BCUT2D eigenvalue weighted by molar-refractivity contribution is 7.89. The molecule has 1 heterocycles. The van der Waals surface area contributed by atoms with Gasteiger partial charge in [-0.25, -0.2) is 18.5 Å². The lowest BCUT2D eigenvalue weighted by Gasteiger charge is -2.07. The van der Waals surface area contributed by atoms with Gasteiger partial charge in [0.05, 0.1) is 19.2 Å². The molecule has 1 aromatic heterocycles. The zero-order chi connectivity index (χ0) is 12.9. The van der Waals surface area contributed by atoms with E-state index in [1.54, 1.807) is 0 Å². The van der Waals surface area contributed by atoms with Crippen LogP contribution >= 0.6 is 0 Å². The van der Waals surface area contributed by atoms with Crippen molar-refractivity contribution in [3.8, 4) is 5.75 Å². The average Bonchev–Trinajstić information content (AvgIpc) is 2.23. The number of rotatable bonds is 6. The molecule has 0 atom stereocenters. The number of nitrogens with two attached hydrogens (primary N) is 1. The lowest BCUT2D eigenvalue weighted by molar-refractivity contribution is 0.408. The van der Waals surface area contributed by atoms with Crippen LogP contribution in [0.4, 0.5) is 5.82 Å². The molecule has 1 aromatic rings. The van der Waals surface area contributed by atoms with Gasteiger partial charge in [0.1, 0.15) is 0 Å². The van der Waals surface area contributed by atoms with E-state index in [1.165, 1.54) is 13.4 Å². The van der Waals surface area contributed by atoms with Gasteiger partial charge in [0, 0.05) is 6.54 Å². The van der Waals surface area contributed by atoms with E-state index < -0.39 is 15.6 Å². The van der Waals surface area contributed by atoms with Crippen LogP contribution in [0.1, 0.15) is 6.42 Å². The van der Waals surface area contributed by atoms with E-state index in [-0.39, 0.29) is 17.3 Å². The fourth-order valence-electron chi connectivity index (χ4n) is 1.18. The van der Waals surface area contributed by atoms with Crippen LogP contribution in [0.5, 0.6) is 5.75 Å². The highest BCUT2D eigenvalue weighted by atomic mass is 32.2. The number of hydrogen-bond acceptors (Lipinski definition) is 6. The third kappa shape index (κ3) is 4.41. The molecular weight excluding hydrogens is 248 g/mol. The van der Waals surface area contributed by atoms with E-state index >= 15 is 0 Å². The lowest BCUT2D eigenvalue weighted by Crippen LogP contribution is -2.20. The Labute approximate surface area is 98.3 Å². The minimum Gasteiger partial charge on any atom is -0.489 e. The van der Waals surface area contributed by atoms with Crippen molar-refractivity contribution in [2.24, 2.45) is 5.14 Å². The Hall–Kier alpha value is -1.61. The molecule has 0 aromatic carbocycles. The van der Waals surface area contributed by atoms with Gasteiger partial charge in [-0.1, -0.05) is 0 Å². The SMILES string of the molecule is COc1c(NCCCS(N)(=O)=O)nc[nH]c1=O. The van der Waals surface area contributed by atoms with Crippen LogP contribution in [0.2, 0.25) is 0 Å². The molecule has 0 aliphatic carbocycles. The summed E-state index contributed by atoms with van der Waals surface area (Å²) in [4.78, 5) is 17.5. The molecule has 4 N–H and O–H groups in total. The summed E-state index contributed by atoms with van der Waals surface area (Å²) in [6.45, 7) is 0.323. The minimum atomic E-state index is -3.46. The van der Waals surface area contributed by atoms with Gasteiger partial charge in [-0.3, -0.25) is 4.79 Å². The number of anilines is 1. The maximum atomic E-state index is 11.3. The van der Waals surface area contributed by atoms with Gasteiger partial charge in [-0.2, -0.15) is 0 Å². The Morgan fingerprint density at radius 3 is 2.88 bits per heavy atom. The van der Waals surface area contributed by atoms with E-state index in [4.69, 9.17) is 9.88 Å². The largest absolute Gasteiger partial charge is 0.489 e. The second kappa shape index (κ2) is 5.64. The van der Waals surface area contributed by atoms with Crippen molar-refractivity contribution in [2.45, 2.75) is 6.42 Å². The quantitative estimate of drug-likeness (QED) is 0.557. The molecule has 0 bridgehead atoms. The molecule has 0 spiro atoms. The van der Waals surface area contributed by atoms with Crippen LogP contribution in [0.25, 0.3) is 0 Å². The number of nitrogens with zero attached hydrogens (tertiary/aromatic N) is 1. The molecule has 0 saturated carbocycles. The number of nitrogens with one attached hydrogen (secondary N) is 2. The van der Waals surface area contributed by atoms with Crippen LogP contribution in [-0.2, 0) is 10.0 Å². The van der Waals surface area contributed by atoms with Crippen LogP contribution in [0.15, 0.2) is 11.1 Å². The zero-order valence-corrected chi connectivity index (χ0v) is 10.1. The number of aromatic amines is 1. The van der Waals surface area contributed by atoms with Crippen molar-refractivity contribution in [1.29, 1.82) is 0 Å². The molecule has 96 valence electrons. The van der Waals surface area contributed by atoms with E-state index in [2.05, 4.69) is 15.3 Å². The van der Waals surface area contributed by atoms with Gasteiger partial charge in [0.2, 0.25) is 15.8 Å². The number of hydrogen-bond donors (Lipinski definition) is 3. The lowest BCUT2D eigenvalue weighted by atomic mass is 10.4. The first-order chi connectivity index (χ1) is 7.94. The van der Waals surface area contributed by atoms with Crippen LogP contribution < -0.4 is 20.8 Å². The fourth-order valence-corrected chi connectivity index (χ4v) is 1.73. The number of ether oxygens (including phenoxy) is 1. The van der Waals surface area contributed by atoms with Gasteiger partial charge >= 0.3 is 0 Å². The third-order valence-corrected chi connectivity index (χ3v) is 2.77. The molecule has 0 aliphatic heterocycles. The van der Waals surface area contributed by atoms with E-state index in [9.17, 15) is 13.2 Å². The number of aromatic nitrogens is 2. The predicted molar refractivity (Wildman–Crippen MR) is 62.5 cm³/mol. The standard InChI is InChI=1S/C8H14N4O4S/c1-16-6-7(11-5-12-8(6)13)10-3-2-4-17(9,14)15/h5H,2-4H2,1H3,(H2,9,14,15)(H2,10,11,12,13). The number of H-pyrrole nitrogens is 1. The predicted octanol–water partition coefficient (Wildman–Crippen LogP) is -1.13. The topological polar surface area (TPSA) is 127 Å². The third-order valence-electron chi connectivity index (χ3n) is 1.91. The van der Waals surface area contributed by atoms with Crippen molar-refractivity contribution < 1.29 is 13.2 Å². The zero-order valence-electron chi connectivity index (χ0n) is 9.26. The second-order valence-corrected chi connectivity index (χ2v) is 4.99. The number of primary sulfonamides is 1. The summed E-state index contributed by atoms with van der Waals surface area (Å²) >= 11 is 0. The molecule has 1 rings (SSSR count). The Kier molecular flexibility index (Phi) is 4.46. The maximum absolute atomic E-state index is 11.3. The van der Waals surface area contributed by atoms with E-state index in [0.29, 0.717) is 13.0 Å². The Morgan fingerprint density at radius 1 is 1.59 bits per heavy atom. The minimum absolute atomic E-state index is 0.0584. The van der Waals surface area contributed by atoms with E-state index in [0.717, 1.165) is 0 Å². The highest BCUT2D eigenvalue weighted by Gasteiger charge is 2.08. The molecular formula is C8H14N4O4S. The first-order valence-corrected chi connectivity index (χ1v) is 6.51. The first kappa shape index (κ1) is 13.5. The highest BCUT2D eigenvalue weighted by Crippen LogP contribution is 2.13. The van der Waals surface area contributed by atoms with Crippen LogP contribution in [0, 0.1) is 0 Å². The van der Waals surface area contributed by atoms with Crippen molar-refractivity contribution >= 4 is 15.8 Å². The number of methoxy groups -OCH3 is 1. The summed E-state index contributed by atoms with van der Waals surface area (Å²) in [6.07, 6.45) is 1.54. The van der Waals surface area contributed by atoms with Gasteiger partial charge in [0.25, 0.3) is 5.56 Å². The molecule has 0 amide bonds. The molecule has 0 saturated heterocycles. The fraction of sp³-hybridized carbons (Fsp3) is 0.500. The van der Waals surface area contributed by atoms with Crippen LogP contribution in [0.3, 0.4) is 0 Å². The first-order valence-electron chi connectivity index (χ1n) is 4.80. The number of sulfonamides is 1. The smallest absolute Gasteiger partial charge is 0.295 e.